The van der Waals surface area contributed by atoms with Crippen LogP contribution in [-0.4, -0.2) is 30.0 Å². The van der Waals surface area contributed by atoms with E-state index in [-0.39, 0.29) is 29.9 Å². The van der Waals surface area contributed by atoms with Crippen LogP contribution in [0.5, 0.6) is 5.75 Å². The normalized spacial score (nSPS) is 22.6. The highest BCUT2D eigenvalue weighted by Crippen LogP contribution is 2.35. The van der Waals surface area contributed by atoms with Crippen LogP contribution in [0.2, 0.25) is 0 Å². The lowest BCUT2D eigenvalue weighted by Crippen LogP contribution is -2.45. The van der Waals surface area contributed by atoms with E-state index in [0.29, 0.717) is 6.54 Å². The topological polar surface area (TPSA) is 29.5 Å². The Morgan fingerprint density at radius 3 is 2.80 bits per heavy atom. The monoisotopic (exact) mass is 285 g/mol. The molecule has 0 spiro atoms. The number of amides is 1. The molecule has 20 heavy (non-hydrogen) atoms. The number of ether oxygens (including phenoxy) is 1. The molecule has 3 nitrogen and oxygen atoms in total. The zero-order chi connectivity index (χ0) is 14.3. The molecule has 1 amide bonds. The Bertz CT molecular complexity index is 542. The third-order valence-corrected chi connectivity index (χ3v) is 3.86. The standard InChI is InChI=1S/C14H14F3NO2/c15-14(16,17)9-4-5-11-12(7-9)20-8-10-3-1-2-6-18(10)13(11)19/h4-5,7,10H,1-3,6,8H2. The number of carbonyl (C=O) groups excluding carboxylic acids is 1. The maximum absolute atomic E-state index is 12.7. The van der Waals surface area contributed by atoms with Crippen molar-refractivity contribution in [3.05, 3.63) is 29.3 Å². The minimum absolute atomic E-state index is 0.0296. The minimum atomic E-state index is -4.43. The smallest absolute Gasteiger partial charge is 0.416 e. The van der Waals surface area contributed by atoms with Gasteiger partial charge in [0.25, 0.3) is 5.91 Å². The Morgan fingerprint density at radius 2 is 2.05 bits per heavy atom. The van der Waals surface area contributed by atoms with Crippen molar-refractivity contribution in [2.24, 2.45) is 0 Å². The number of carbonyl (C=O) groups is 1. The summed E-state index contributed by atoms with van der Waals surface area (Å²) < 4.78 is 43.6. The molecule has 0 radical (unpaired) electrons. The van der Waals surface area contributed by atoms with Gasteiger partial charge in [-0.25, -0.2) is 0 Å². The molecule has 2 heterocycles. The summed E-state index contributed by atoms with van der Waals surface area (Å²) in [6.07, 6.45) is -1.65. The first-order valence-electron chi connectivity index (χ1n) is 6.62. The lowest BCUT2D eigenvalue weighted by atomic mass is 10.0. The van der Waals surface area contributed by atoms with Gasteiger partial charge in [-0.3, -0.25) is 4.79 Å². The van der Waals surface area contributed by atoms with Crippen LogP contribution in [-0.2, 0) is 6.18 Å². The van der Waals surface area contributed by atoms with Gasteiger partial charge in [0.2, 0.25) is 0 Å². The van der Waals surface area contributed by atoms with E-state index in [9.17, 15) is 18.0 Å². The molecular weight excluding hydrogens is 271 g/mol. The molecule has 0 aliphatic carbocycles. The summed E-state index contributed by atoms with van der Waals surface area (Å²) in [5.74, 6) is -0.185. The van der Waals surface area contributed by atoms with Crippen molar-refractivity contribution in [1.82, 2.24) is 4.90 Å². The number of alkyl halides is 3. The molecule has 108 valence electrons. The molecule has 0 bridgehead atoms. The molecule has 6 heteroatoms. The van der Waals surface area contributed by atoms with Crippen LogP contribution in [0.1, 0.15) is 35.2 Å². The molecule has 1 unspecified atom stereocenters. The van der Waals surface area contributed by atoms with Gasteiger partial charge in [0.15, 0.2) is 0 Å². The number of fused-ring (bicyclic) bond motifs is 2. The Balaban J connectivity index is 1.99. The first-order chi connectivity index (χ1) is 9.47. The minimum Gasteiger partial charge on any atom is -0.491 e. The van der Waals surface area contributed by atoms with E-state index in [1.54, 1.807) is 4.90 Å². The van der Waals surface area contributed by atoms with Crippen LogP contribution < -0.4 is 4.74 Å². The van der Waals surface area contributed by atoms with Gasteiger partial charge in [-0.2, -0.15) is 13.2 Å². The fourth-order valence-electron chi connectivity index (χ4n) is 2.78. The summed E-state index contributed by atoms with van der Waals surface area (Å²) in [6, 6.07) is 3.05. The van der Waals surface area contributed by atoms with Gasteiger partial charge in [-0.1, -0.05) is 0 Å². The lowest BCUT2D eigenvalue weighted by Gasteiger charge is -2.33. The summed E-state index contributed by atoms with van der Waals surface area (Å²) in [7, 11) is 0. The SMILES string of the molecule is O=C1c2ccc(C(F)(F)F)cc2OCC2CCCCN12. The lowest BCUT2D eigenvalue weighted by molar-refractivity contribution is -0.137. The number of piperidine rings is 1. The van der Waals surface area contributed by atoms with Crippen molar-refractivity contribution in [3.8, 4) is 5.75 Å². The fraction of sp³-hybridized carbons (Fsp3) is 0.500. The van der Waals surface area contributed by atoms with Crippen molar-refractivity contribution < 1.29 is 22.7 Å². The Labute approximate surface area is 114 Å². The van der Waals surface area contributed by atoms with Crippen LogP contribution in [0.4, 0.5) is 13.2 Å². The van der Waals surface area contributed by atoms with E-state index in [4.69, 9.17) is 4.74 Å². The van der Waals surface area contributed by atoms with Crippen LogP contribution in [0.15, 0.2) is 18.2 Å². The zero-order valence-electron chi connectivity index (χ0n) is 10.7. The van der Waals surface area contributed by atoms with Crippen LogP contribution in [0.25, 0.3) is 0 Å². The van der Waals surface area contributed by atoms with E-state index >= 15 is 0 Å². The maximum atomic E-state index is 12.7. The molecule has 2 aliphatic rings. The number of nitrogens with zero attached hydrogens (tertiary/aromatic N) is 1. The maximum Gasteiger partial charge on any atom is 0.416 e. The molecule has 3 rings (SSSR count). The average Bonchev–Trinajstić information content (AvgIpc) is 2.56. The molecule has 0 N–H and O–H groups in total. The Morgan fingerprint density at radius 1 is 1.25 bits per heavy atom. The van der Waals surface area contributed by atoms with Crippen molar-refractivity contribution in [1.29, 1.82) is 0 Å². The summed E-state index contributed by atoms with van der Waals surface area (Å²) in [5, 5.41) is 0. The summed E-state index contributed by atoms with van der Waals surface area (Å²) in [5.41, 5.74) is -0.564. The van der Waals surface area contributed by atoms with Crippen LogP contribution >= 0.6 is 0 Å². The van der Waals surface area contributed by atoms with Gasteiger partial charge >= 0.3 is 6.18 Å². The number of halogens is 3. The largest absolute Gasteiger partial charge is 0.491 e. The highest BCUT2D eigenvalue weighted by atomic mass is 19.4. The van der Waals surface area contributed by atoms with Gasteiger partial charge in [0.1, 0.15) is 12.4 Å². The zero-order valence-corrected chi connectivity index (χ0v) is 10.7. The number of benzene rings is 1. The van der Waals surface area contributed by atoms with E-state index in [1.165, 1.54) is 6.07 Å². The van der Waals surface area contributed by atoms with E-state index in [1.807, 2.05) is 0 Å². The quantitative estimate of drug-likeness (QED) is 0.733. The second-order valence-electron chi connectivity index (χ2n) is 5.17. The highest BCUT2D eigenvalue weighted by Gasteiger charge is 2.36. The molecule has 1 saturated heterocycles. The summed E-state index contributed by atoms with van der Waals surface area (Å²) in [6.45, 7) is 0.910. The third-order valence-electron chi connectivity index (χ3n) is 3.86. The van der Waals surface area contributed by atoms with Crippen molar-refractivity contribution in [2.75, 3.05) is 13.2 Å². The second-order valence-corrected chi connectivity index (χ2v) is 5.17. The molecule has 1 fully saturated rings. The summed E-state index contributed by atoms with van der Waals surface area (Å²) in [4.78, 5) is 14.1. The first-order valence-corrected chi connectivity index (χ1v) is 6.62. The molecule has 1 atom stereocenters. The molecule has 1 aromatic carbocycles. The predicted octanol–water partition coefficient (Wildman–Crippen LogP) is 3.09. The first kappa shape index (κ1) is 13.3. The molecule has 1 aromatic rings. The van der Waals surface area contributed by atoms with Crippen LogP contribution in [0, 0.1) is 0 Å². The van der Waals surface area contributed by atoms with Gasteiger partial charge in [0.05, 0.1) is 17.2 Å². The fourth-order valence-corrected chi connectivity index (χ4v) is 2.78. The third kappa shape index (κ3) is 2.23. The second kappa shape index (κ2) is 4.68. The highest BCUT2D eigenvalue weighted by molar-refractivity contribution is 5.97. The average molecular weight is 285 g/mol. The predicted molar refractivity (Wildman–Crippen MR) is 65.6 cm³/mol. The summed E-state index contributed by atoms with van der Waals surface area (Å²) >= 11 is 0. The van der Waals surface area contributed by atoms with E-state index in [0.717, 1.165) is 31.4 Å². The number of hydrogen-bond donors (Lipinski definition) is 0. The van der Waals surface area contributed by atoms with Gasteiger partial charge < -0.3 is 9.64 Å². The molecule has 2 aliphatic heterocycles. The number of rotatable bonds is 0. The van der Waals surface area contributed by atoms with Gasteiger partial charge in [0, 0.05) is 6.54 Å². The van der Waals surface area contributed by atoms with Gasteiger partial charge in [-0.05, 0) is 37.5 Å². The van der Waals surface area contributed by atoms with E-state index in [2.05, 4.69) is 0 Å². The molecule has 0 aromatic heterocycles. The number of hydrogen-bond acceptors (Lipinski definition) is 2. The van der Waals surface area contributed by atoms with Crippen molar-refractivity contribution in [3.63, 3.8) is 0 Å². The van der Waals surface area contributed by atoms with E-state index < -0.39 is 11.7 Å². The van der Waals surface area contributed by atoms with Crippen LogP contribution in [0.3, 0.4) is 0 Å². The van der Waals surface area contributed by atoms with Crippen molar-refractivity contribution >= 4 is 5.91 Å². The Kier molecular flexibility index (Phi) is 3.11. The van der Waals surface area contributed by atoms with Gasteiger partial charge in [-0.15, -0.1) is 0 Å². The van der Waals surface area contributed by atoms with Crippen molar-refractivity contribution in [2.45, 2.75) is 31.5 Å². The Hall–Kier alpha value is -1.72. The molecular formula is C14H14F3NO2. The molecule has 0 saturated carbocycles.